The number of carbonyl (C=O) groups is 1. The number of nitrogens with one attached hydrogen (secondary N) is 1. The van der Waals surface area contributed by atoms with Crippen molar-refractivity contribution in [1.82, 2.24) is 14.9 Å². The average molecular weight is 466 g/mol. The van der Waals surface area contributed by atoms with Crippen molar-refractivity contribution in [2.75, 3.05) is 43.5 Å². The first-order valence-electron chi connectivity index (χ1n) is 11.0. The number of anilines is 2. The Morgan fingerprint density at radius 3 is 2.45 bits per heavy atom. The van der Waals surface area contributed by atoms with E-state index in [0.717, 1.165) is 35.1 Å². The van der Waals surface area contributed by atoms with Gasteiger partial charge in [0.1, 0.15) is 17.4 Å². The van der Waals surface area contributed by atoms with Crippen molar-refractivity contribution in [2.24, 2.45) is 0 Å². The highest BCUT2D eigenvalue weighted by atomic mass is 35.5. The van der Waals surface area contributed by atoms with E-state index < -0.39 is 0 Å². The van der Waals surface area contributed by atoms with Crippen molar-refractivity contribution in [3.63, 3.8) is 0 Å². The van der Waals surface area contributed by atoms with Gasteiger partial charge in [0.25, 0.3) is 0 Å². The van der Waals surface area contributed by atoms with Crippen LogP contribution in [0.2, 0.25) is 5.02 Å². The third-order valence-electron chi connectivity index (χ3n) is 5.79. The largest absolute Gasteiger partial charge is 0.497 e. The van der Waals surface area contributed by atoms with Gasteiger partial charge in [0.05, 0.1) is 7.11 Å². The molecule has 33 heavy (non-hydrogen) atoms. The van der Waals surface area contributed by atoms with E-state index in [-0.39, 0.29) is 6.03 Å². The van der Waals surface area contributed by atoms with E-state index in [2.05, 4.69) is 27.3 Å². The van der Waals surface area contributed by atoms with Crippen LogP contribution >= 0.6 is 11.6 Å². The minimum absolute atomic E-state index is 0.120. The molecular formula is C25H28ClN5O2. The summed E-state index contributed by atoms with van der Waals surface area (Å²) in [6.07, 6.45) is 0.737. The number of benzene rings is 2. The first-order valence-corrected chi connectivity index (χ1v) is 11.3. The molecule has 0 radical (unpaired) electrons. The molecule has 8 heteroatoms. The lowest BCUT2D eigenvalue weighted by Crippen LogP contribution is -2.50. The van der Waals surface area contributed by atoms with Gasteiger partial charge in [0.2, 0.25) is 0 Å². The van der Waals surface area contributed by atoms with Crippen LogP contribution in [0, 0.1) is 13.8 Å². The van der Waals surface area contributed by atoms with Crippen molar-refractivity contribution >= 4 is 29.1 Å². The fourth-order valence-electron chi connectivity index (χ4n) is 4.02. The molecule has 3 aromatic rings. The number of amides is 2. The van der Waals surface area contributed by atoms with E-state index in [4.69, 9.17) is 21.3 Å². The van der Waals surface area contributed by atoms with Gasteiger partial charge in [0, 0.05) is 54.6 Å². The highest BCUT2D eigenvalue weighted by Gasteiger charge is 2.25. The molecule has 1 fully saturated rings. The van der Waals surface area contributed by atoms with Gasteiger partial charge in [-0.2, -0.15) is 0 Å². The zero-order chi connectivity index (χ0) is 23.4. The number of ether oxygens (including phenoxy) is 1. The number of urea groups is 1. The van der Waals surface area contributed by atoms with E-state index in [1.807, 2.05) is 43.0 Å². The molecule has 172 valence electrons. The van der Waals surface area contributed by atoms with Gasteiger partial charge in [-0.15, -0.1) is 0 Å². The maximum absolute atomic E-state index is 12.7. The SMILES string of the molecule is COc1ccc(Cc2c(C)nc(C)nc2N2CCN(C(=O)Nc3cccc(Cl)c3)CC2)cc1. The number of methoxy groups -OCH3 is 1. The molecule has 2 amide bonds. The standard InChI is InChI=1S/C25H28ClN5O2/c1-17-23(15-19-7-9-22(33-3)10-8-19)24(28-18(2)27-17)30-11-13-31(14-12-30)25(32)29-21-6-4-5-20(26)16-21/h4-10,16H,11-15H2,1-3H3,(H,29,32). The molecule has 7 nitrogen and oxygen atoms in total. The quantitative estimate of drug-likeness (QED) is 0.591. The maximum atomic E-state index is 12.7. The molecule has 0 aliphatic carbocycles. The number of carbonyl (C=O) groups excluding carboxylic acids is 1. The number of halogens is 1. The minimum Gasteiger partial charge on any atom is -0.497 e. The van der Waals surface area contributed by atoms with Crippen LogP contribution in [0.3, 0.4) is 0 Å². The second-order valence-corrected chi connectivity index (χ2v) is 8.53. The van der Waals surface area contributed by atoms with E-state index >= 15 is 0 Å². The number of piperazine rings is 1. The second kappa shape index (κ2) is 10.1. The Kier molecular flexibility index (Phi) is 6.99. The number of hydrogen-bond donors (Lipinski definition) is 1. The van der Waals surface area contributed by atoms with E-state index in [1.165, 1.54) is 5.56 Å². The Labute approximate surface area is 199 Å². The summed E-state index contributed by atoms with van der Waals surface area (Å²) in [6.45, 7) is 6.57. The van der Waals surface area contributed by atoms with Crippen LogP contribution in [0.5, 0.6) is 5.75 Å². The lowest BCUT2D eigenvalue weighted by atomic mass is 10.0. The Hall–Kier alpha value is -3.32. The van der Waals surface area contributed by atoms with Crippen molar-refractivity contribution < 1.29 is 9.53 Å². The zero-order valence-corrected chi connectivity index (χ0v) is 19.9. The molecule has 1 aliphatic heterocycles. The first-order chi connectivity index (χ1) is 15.9. The molecule has 1 aromatic heterocycles. The molecular weight excluding hydrogens is 438 g/mol. The summed E-state index contributed by atoms with van der Waals surface area (Å²) in [5, 5.41) is 3.52. The molecule has 1 aliphatic rings. The first kappa shape index (κ1) is 22.9. The molecule has 2 aromatic carbocycles. The highest BCUT2D eigenvalue weighted by Crippen LogP contribution is 2.26. The van der Waals surface area contributed by atoms with Gasteiger partial charge in [-0.25, -0.2) is 14.8 Å². The molecule has 0 atom stereocenters. The Morgan fingerprint density at radius 1 is 1.06 bits per heavy atom. The van der Waals surface area contributed by atoms with Crippen molar-refractivity contribution in [2.45, 2.75) is 20.3 Å². The molecule has 1 saturated heterocycles. The summed E-state index contributed by atoms with van der Waals surface area (Å²) in [6, 6.07) is 15.1. The summed E-state index contributed by atoms with van der Waals surface area (Å²) >= 11 is 6.02. The summed E-state index contributed by atoms with van der Waals surface area (Å²) < 4.78 is 5.27. The van der Waals surface area contributed by atoms with Crippen LogP contribution in [0.25, 0.3) is 0 Å². The lowest BCUT2D eigenvalue weighted by molar-refractivity contribution is 0.208. The predicted octanol–water partition coefficient (Wildman–Crippen LogP) is 4.70. The summed E-state index contributed by atoms with van der Waals surface area (Å²) in [5.74, 6) is 2.54. The molecule has 0 unspecified atom stereocenters. The molecule has 2 heterocycles. The number of aromatic nitrogens is 2. The number of rotatable bonds is 5. The molecule has 0 spiro atoms. The van der Waals surface area contributed by atoms with Gasteiger partial charge < -0.3 is 19.9 Å². The van der Waals surface area contributed by atoms with Gasteiger partial charge in [-0.3, -0.25) is 0 Å². The molecule has 0 bridgehead atoms. The number of hydrogen-bond acceptors (Lipinski definition) is 5. The zero-order valence-electron chi connectivity index (χ0n) is 19.1. The van der Waals surface area contributed by atoms with Gasteiger partial charge >= 0.3 is 6.03 Å². The van der Waals surface area contributed by atoms with Crippen LogP contribution < -0.4 is 15.0 Å². The van der Waals surface area contributed by atoms with Crippen LogP contribution in [-0.2, 0) is 6.42 Å². The van der Waals surface area contributed by atoms with E-state index in [1.54, 1.807) is 19.2 Å². The summed E-state index contributed by atoms with van der Waals surface area (Å²) in [7, 11) is 1.67. The molecule has 4 rings (SSSR count). The van der Waals surface area contributed by atoms with E-state index in [0.29, 0.717) is 36.9 Å². The Balaban J connectivity index is 1.46. The normalized spacial score (nSPS) is 13.7. The van der Waals surface area contributed by atoms with Crippen molar-refractivity contribution in [1.29, 1.82) is 0 Å². The van der Waals surface area contributed by atoms with Crippen molar-refractivity contribution in [3.05, 3.63) is 76.2 Å². The van der Waals surface area contributed by atoms with Crippen LogP contribution in [0.15, 0.2) is 48.5 Å². The van der Waals surface area contributed by atoms with Crippen molar-refractivity contribution in [3.8, 4) is 5.75 Å². The maximum Gasteiger partial charge on any atom is 0.321 e. The predicted molar refractivity (Wildman–Crippen MR) is 132 cm³/mol. The van der Waals surface area contributed by atoms with Crippen LogP contribution in [0.4, 0.5) is 16.3 Å². The fraction of sp³-hybridized carbons (Fsp3) is 0.320. The number of nitrogens with zero attached hydrogens (tertiary/aromatic N) is 4. The summed E-state index contributed by atoms with van der Waals surface area (Å²) in [4.78, 5) is 26.2. The van der Waals surface area contributed by atoms with Crippen LogP contribution in [-0.4, -0.2) is 54.2 Å². The third-order valence-corrected chi connectivity index (χ3v) is 6.02. The Bertz CT molecular complexity index is 1130. The minimum atomic E-state index is -0.120. The average Bonchev–Trinajstić information content (AvgIpc) is 2.81. The smallest absolute Gasteiger partial charge is 0.321 e. The Morgan fingerprint density at radius 2 is 1.79 bits per heavy atom. The third kappa shape index (κ3) is 5.54. The lowest BCUT2D eigenvalue weighted by Gasteiger charge is -2.36. The molecule has 0 saturated carbocycles. The fourth-order valence-corrected chi connectivity index (χ4v) is 4.21. The van der Waals surface area contributed by atoms with Crippen LogP contribution in [0.1, 0.15) is 22.6 Å². The summed E-state index contributed by atoms with van der Waals surface area (Å²) in [5.41, 5.74) is 3.96. The van der Waals surface area contributed by atoms with Gasteiger partial charge in [-0.1, -0.05) is 29.8 Å². The second-order valence-electron chi connectivity index (χ2n) is 8.10. The topological polar surface area (TPSA) is 70.6 Å². The van der Waals surface area contributed by atoms with E-state index in [9.17, 15) is 4.79 Å². The molecule has 1 N–H and O–H groups in total. The van der Waals surface area contributed by atoms with Gasteiger partial charge in [0.15, 0.2) is 0 Å². The van der Waals surface area contributed by atoms with Gasteiger partial charge in [-0.05, 0) is 49.7 Å². The highest BCUT2D eigenvalue weighted by molar-refractivity contribution is 6.30. The monoisotopic (exact) mass is 465 g/mol. The number of aryl methyl sites for hydroxylation is 2.